The lowest BCUT2D eigenvalue weighted by Gasteiger charge is -2.26. The maximum absolute atomic E-state index is 13.0. The number of ketones is 1. The first-order valence-corrected chi connectivity index (χ1v) is 11.0. The van der Waals surface area contributed by atoms with Crippen LogP contribution in [0, 0.1) is 5.92 Å². The molecule has 4 N–H and O–H groups in total. The average Bonchev–Trinajstić information content (AvgIpc) is 2.82. The van der Waals surface area contributed by atoms with Gasteiger partial charge in [-0.15, -0.1) is 0 Å². The SMILES string of the molecule is CC(NC(=O)C1NC=C(Nc2cccc(C(=O)N(C)C)c2O)C(=O)/C=C/C1C)c1ccccc1. The Morgan fingerprint density at radius 2 is 1.79 bits per heavy atom. The van der Waals surface area contributed by atoms with Crippen molar-refractivity contribution in [3.63, 3.8) is 0 Å². The van der Waals surface area contributed by atoms with Gasteiger partial charge < -0.3 is 26.0 Å². The zero-order valence-electron chi connectivity index (χ0n) is 19.7. The third-order valence-electron chi connectivity index (χ3n) is 5.63. The van der Waals surface area contributed by atoms with Gasteiger partial charge in [-0.2, -0.15) is 0 Å². The van der Waals surface area contributed by atoms with Crippen LogP contribution in [0.1, 0.15) is 35.8 Å². The fourth-order valence-corrected chi connectivity index (χ4v) is 3.58. The summed E-state index contributed by atoms with van der Waals surface area (Å²) in [6.45, 7) is 3.76. The molecular formula is C26H30N4O4. The summed E-state index contributed by atoms with van der Waals surface area (Å²) in [5.74, 6) is -1.42. The van der Waals surface area contributed by atoms with Gasteiger partial charge in [0.05, 0.1) is 17.3 Å². The number of nitrogens with zero attached hydrogens (tertiary/aromatic N) is 1. The number of hydrogen-bond donors (Lipinski definition) is 4. The Morgan fingerprint density at radius 1 is 1.09 bits per heavy atom. The molecule has 0 saturated heterocycles. The minimum Gasteiger partial charge on any atom is -0.505 e. The molecule has 34 heavy (non-hydrogen) atoms. The minimum absolute atomic E-state index is 0.109. The highest BCUT2D eigenvalue weighted by molar-refractivity contribution is 6.07. The van der Waals surface area contributed by atoms with Gasteiger partial charge in [0.1, 0.15) is 11.7 Å². The van der Waals surface area contributed by atoms with Gasteiger partial charge in [0.15, 0.2) is 5.75 Å². The molecule has 0 aromatic heterocycles. The number of amides is 2. The summed E-state index contributed by atoms with van der Waals surface area (Å²) >= 11 is 0. The van der Waals surface area contributed by atoms with Gasteiger partial charge >= 0.3 is 0 Å². The highest BCUT2D eigenvalue weighted by Crippen LogP contribution is 2.29. The van der Waals surface area contributed by atoms with E-state index in [-0.39, 0.29) is 52.3 Å². The molecule has 1 aliphatic rings. The van der Waals surface area contributed by atoms with E-state index >= 15 is 0 Å². The number of aromatic hydroxyl groups is 1. The Bertz CT molecular complexity index is 1120. The second-order valence-corrected chi connectivity index (χ2v) is 8.45. The lowest BCUT2D eigenvalue weighted by Crippen LogP contribution is -2.47. The smallest absolute Gasteiger partial charge is 0.257 e. The Hall–Kier alpha value is -4.07. The van der Waals surface area contributed by atoms with Crippen LogP contribution < -0.4 is 16.0 Å². The molecule has 2 aromatic carbocycles. The molecule has 1 aliphatic heterocycles. The van der Waals surface area contributed by atoms with Crippen molar-refractivity contribution >= 4 is 23.3 Å². The quantitative estimate of drug-likeness (QED) is 0.492. The van der Waals surface area contributed by atoms with Crippen LogP contribution in [-0.2, 0) is 9.59 Å². The number of hydrogen-bond acceptors (Lipinski definition) is 6. The number of nitrogens with one attached hydrogen (secondary N) is 3. The molecule has 8 heteroatoms. The van der Waals surface area contributed by atoms with Crippen LogP contribution in [0.5, 0.6) is 5.75 Å². The van der Waals surface area contributed by atoms with Gasteiger partial charge in [-0.1, -0.05) is 49.4 Å². The first-order valence-electron chi connectivity index (χ1n) is 11.0. The number of allylic oxidation sites excluding steroid dienone is 1. The Kier molecular flexibility index (Phi) is 7.73. The fourth-order valence-electron chi connectivity index (χ4n) is 3.58. The van der Waals surface area contributed by atoms with Crippen molar-refractivity contribution in [3.05, 3.63) is 83.7 Å². The van der Waals surface area contributed by atoms with E-state index in [1.807, 2.05) is 44.2 Å². The van der Waals surface area contributed by atoms with Crippen molar-refractivity contribution in [1.29, 1.82) is 0 Å². The zero-order valence-corrected chi connectivity index (χ0v) is 19.7. The number of rotatable bonds is 6. The molecule has 1 heterocycles. The monoisotopic (exact) mass is 462 g/mol. The van der Waals surface area contributed by atoms with E-state index in [1.165, 1.54) is 23.2 Å². The van der Waals surface area contributed by atoms with Crippen LogP contribution in [0.2, 0.25) is 0 Å². The number of para-hydroxylation sites is 1. The molecule has 0 aliphatic carbocycles. The molecule has 0 radical (unpaired) electrons. The van der Waals surface area contributed by atoms with Gasteiger partial charge in [-0.05, 0) is 30.7 Å². The summed E-state index contributed by atoms with van der Waals surface area (Å²) in [5, 5.41) is 19.5. The molecule has 0 fully saturated rings. The largest absolute Gasteiger partial charge is 0.505 e. The van der Waals surface area contributed by atoms with E-state index < -0.39 is 6.04 Å². The van der Waals surface area contributed by atoms with Gasteiger partial charge in [-0.25, -0.2) is 0 Å². The molecule has 0 bridgehead atoms. The molecule has 3 unspecified atom stereocenters. The van der Waals surface area contributed by atoms with E-state index in [0.717, 1.165) is 5.56 Å². The Balaban J connectivity index is 1.80. The lowest BCUT2D eigenvalue weighted by molar-refractivity contribution is -0.124. The maximum Gasteiger partial charge on any atom is 0.257 e. The summed E-state index contributed by atoms with van der Waals surface area (Å²) in [6, 6.07) is 13.5. The van der Waals surface area contributed by atoms with Crippen molar-refractivity contribution < 1.29 is 19.5 Å². The van der Waals surface area contributed by atoms with Gasteiger partial charge in [0.2, 0.25) is 11.7 Å². The molecule has 2 aromatic rings. The van der Waals surface area contributed by atoms with Crippen molar-refractivity contribution in [2.45, 2.75) is 25.9 Å². The summed E-state index contributed by atoms with van der Waals surface area (Å²) in [4.78, 5) is 39.4. The van der Waals surface area contributed by atoms with Crippen molar-refractivity contribution in [2.75, 3.05) is 19.4 Å². The zero-order chi connectivity index (χ0) is 24.8. The predicted octanol–water partition coefficient (Wildman–Crippen LogP) is 2.96. The van der Waals surface area contributed by atoms with E-state index in [9.17, 15) is 19.5 Å². The molecule has 8 nitrogen and oxygen atoms in total. The van der Waals surface area contributed by atoms with Crippen LogP contribution >= 0.6 is 0 Å². The summed E-state index contributed by atoms with van der Waals surface area (Å²) in [7, 11) is 3.17. The number of phenolic OH excluding ortho intramolecular Hbond substituents is 1. The van der Waals surface area contributed by atoms with Gasteiger partial charge in [-0.3, -0.25) is 14.4 Å². The number of benzene rings is 2. The van der Waals surface area contributed by atoms with Crippen LogP contribution in [0.25, 0.3) is 0 Å². The third-order valence-corrected chi connectivity index (χ3v) is 5.63. The Labute approximate surface area is 199 Å². The molecule has 2 amide bonds. The van der Waals surface area contributed by atoms with Crippen LogP contribution in [-0.4, -0.2) is 47.7 Å². The number of carbonyl (C=O) groups is 3. The highest BCUT2D eigenvalue weighted by Gasteiger charge is 2.26. The molecule has 0 spiro atoms. The Morgan fingerprint density at radius 3 is 2.47 bits per heavy atom. The molecule has 0 saturated carbocycles. The van der Waals surface area contributed by atoms with Crippen molar-refractivity contribution in [1.82, 2.24) is 15.5 Å². The molecule has 3 atom stereocenters. The third kappa shape index (κ3) is 5.64. The predicted molar refractivity (Wildman–Crippen MR) is 131 cm³/mol. The van der Waals surface area contributed by atoms with Gasteiger partial charge in [0, 0.05) is 26.2 Å². The maximum atomic E-state index is 13.0. The normalized spacial score (nSPS) is 19.5. The fraction of sp³-hybridized carbons (Fsp3) is 0.269. The summed E-state index contributed by atoms with van der Waals surface area (Å²) in [5.41, 5.74) is 1.43. The number of carbonyl (C=O) groups excluding carboxylic acids is 3. The van der Waals surface area contributed by atoms with Crippen LogP contribution in [0.15, 0.2) is 72.6 Å². The van der Waals surface area contributed by atoms with Gasteiger partial charge in [0.25, 0.3) is 5.91 Å². The minimum atomic E-state index is -0.623. The second-order valence-electron chi connectivity index (χ2n) is 8.45. The van der Waals surface area contributed by atoms with Crippen LogP contribution in [0.3, 0.4) is 0 Å². The topological polar surface area (TPSA) is 111 Å². The van der Waals surface area contributed by atoms with Crippen molar-refractivity contribution in [3.8, 4) is 5.75 Å². The van der Waals surface area contributed by atoms with E-state index in [2.05, 4.69) is 16.0 Å². The first kappa shape index (κ1) is 24.6. The summed E-state index contributed by atoms with van der Waals surface area (Å²) < 4.78 is 0. The summed E-state index contributed by atoms with van der Waals surface area (Å²) in [6.07, 6.45) is 4.50. The van der Waals surface area contributed by atoms with E-state index in [4.69, 9.17) is 0 Å². The highest BCUT2D eigenvalue weighted by atomic mass is 16.3. The average molecular weight is 463 g/mol. The molecule has 178 valence electrons. The van der Waals surface area contributed by atoms with E-state index in [1.54, 1.807) is 32.3 Å². The number of anilines is 1. The molecular weight excluding hydrogens is 432 g/mol. The van der Waals surface area contributed by atoms with E-state index in [0.29, 0.717) is 0 Å². The standard InChI is InChI=1S/C26H30N4O4/c1-16-13-14-22(31)21(29-20-12-8-11-19(24(20)32)26(34)30(3)4)15-27-23(16)25(33)28-17(2)18-9-6-5-7-10-18/h5-17,23,27,29,32H,1-4H3,(H,28,33)/b14-13+,21-15?. The van der Waals surface area contributed by atoms with Crippen LogP contribution in [0.4, 0.5) is 5.69 Å². The second kappa shape index (κ2) is 10.7. The first-order chi connectivity index (χ1) is 16.2. The van der Waals surface area contributed by atoms with Crippen molar-refractivity contribution in [2.24, 2.45) is 5.92 Å². The lowest BCUT2D eigenvalue weighted by atomic mass is 9.97. The number of phenols is 1. The molecule has 3 rings (SSSR count).